The van der Waals surface area contributed by atoms with Gasteiger partial charge in [-0.3, -0.25) is 4.79 Å². The van der Waals surface area contributed by atoms with E-state index in [1.165, 1.54) is 0 Å². The van der Waals surface area contributed by atoms with Crippen molar-refractivity contribution in [2.45, 2.75) is 51.6 Å². The normalized spacial score (nSPS) is 15.6. The Morgan fingerprint density at radius 3 is 2.81 bits per heavy atom. The number of ether oxygens (including phenoxy) is 1. The highest BCUT2D eigenvalue weighted by Crippen LogP contribution is 2.26. The molecule has 1 fully saturated rings. The molecule has 1 aromatic carbocycles. The molecule has 0 radical (unpaired) electrons. The molecule has 1 unspecified atom stereocenters. The first kappa shape index (κ1) is 15.8. The number of carbonyl (C=O) groups excluding carboxylic acids is 1. The molecule has 0 spiro atoms. The van der Waals surface area contributed by atoms with Crippen LogP contribution in [0.2, 0.25) is 0 Å². The molecule has 4 nitrogen and oxygen atoms in total. The SMILES string of the molecule is CCC(N)Cc1cccc(OCC(=O)N(CC)C2CC2)c1. The average molecular weight is 290 g/mol. The van der Waals surface area contributed by atoms with Crippen molar-refractivity contribution in [2.24, 2.45) is 5.73 Å². The van der Waals surface area contributed by atoms with Crippen LogP contribution in [0, 0.1) is 0 Å². The maximum atomic E-state index is 12.1. The van der Waals surface area contributed by atoms with Crippen LogP contribution >= 0.6 is 0 Å². The number of carbonyl (C=O) groups is 1. The van der Waals surface area contributed by atoms with Crippen LogP contribution < -0.4 is 10.5 Å². The Kier molecular flexibility index (Phi) is 5.62. The monoisotopic (exact) mass is 290 g/mol. The Morgan fingerprint density at radius 2 is 2.19 bits per heavy atom. The predicted molar refractivity (Wildman–Crippen MR) is 84.3 cm³/mol. The predicted octanol–water partition coefficient (Wildman–Crippen LogP) is 2.36. The Morgan fingerprint density at radius 1 is 1.43 bits per heavy atom. The minimum absolute atomic E-state index is 0.0793. The Balaban J connectivity index is 1.87. The quantitative estimate of drug-likeness (QED) is 0.799. The van der Waals surface area contributed by atoms with Crippen LogP contribution in [0.15, 0.2) is 24.3 Å². The van der Waals surface area contributed by atoms with Crippen molar-refractivity contribution in [1.29, 1.82) is 0 Å². The number of rotatable bonds is 8. The van der Waals surface area contributed by atoms with Gasteiger partial charge in [0.15, 0.2) is 6.61 Å². The molecule has 0 aromatic heterocycles. The van der Waals surface area contributed by atoms with Gasteiger partial charge in [0, 0.05) is 18.6 Å². The van der Waals surface area contributed by atoms with Crippen molar-refractivity contribution in [3.05, 3.63) is 29.8 Å². The van der Waals surface area contributed by atoms with Gasteiger partial charge in [-0.1, -0.05) is 19.1 Å². The van der Waals surface area contributed by atoms with Gasteiger partial charge in [0.1, 0.15) is 5.75 Å². The molecule has 116 valence electrons. The summed E-state index contributed by atoms with van der Waals surface area (Å²) in [5, 5.41) is 0. The number of hydrogen-bond donors (Lipinski definition) is 1. The lowest BCUT2D eigenvalue weighted by Gasteiger charge is -2.20. The van der Waals surface area contributed by atoms with Gasteiger partial charge in [-0.05, 0) is 50.3 Å². The van der Waals surface area contributed by atoms with Gasteiger partial charge in [-0.15, -0.1) is 0 Å². The molecule has 1 atom stereocenters. The molecule has 1 aliphatic carbocycles. The second kappa shape index (κ2) is 7.46. The lowest BCUT2D eigenvalue weighted by atomic mass is 10.0. The molecule has 0 bridgehead atoms. The molecule has 4 heteroatoms. The van der Waals surface area contributed by atoms with Gasteiger partial charge in [0.05, 0.1) is 0 Å². The molecule has 1 aliphatic rings. The zero-order chi connectivity index (χ0) is 15.2. The van der Waals surface area contributed by atoms with Crippen LogP contribution in [0.3, 0.4) is 0 Å². The first-order valence-electron chi connectivity index (χ1n) is 7.90. The molecule has 2 rings (SSSR count). The lowest BCUT2D eigenvalue weighted by molar-refractivity contribution is -0.133. The maximum absolute atomic E-state index is 12.1. The van der Waals surface area contributed by atoms with Gasteiger partial charge in [-0.2, -0.15) is 0 Å². The molecule has 1 amide bonds. The summed E-state index contributed by atoms with van der Waals surface area (Å²) < 4.78 is 5.65. The largest absolute Gasteiger partial charge is 0.484 e. The van der Waals surface area contributed by atoms with E-state index < -0.39 is 0 Å². The first-order chi connectivity index (χ1) is 10.1. The highest BCUT2D eigenvalue weighted by Gasteiger charge is 2.31. The number of amides is 1. The molecule has 0 aliphatic heterocycles. The summed E-state index contributed by atoms with van der Waals surface area (Å²) >= 11 is 0. The molecular weight excluding hydrogens is 264 g/mol. The van der Waals surface area contributed by atoms with E-state index in [9.17, 15) is 4.79 Å². The molecule has 2 N–H and O–H groups in total. The molecule has 21 heavy (non-hydrogen) atoms. The van der Waals surface area contributed by atoms with E-state index in [-0.39, 0.29) is 18.6 Å². The highest BCUT2D eigenvalue weighted by atomic mass is 16.5. The summed E-state index contributed by atoms with van der Waals surface area (Å²) in [5.74, 6) is 0.826. The average Bonchev–Trinajstić information content (AvgIpc) is 3.31. The second-order valence-electron chi connectivity index (χ2n) is 5.72. The van der Waals surface area contributed by atoms with E-state index in [0.717, 1.165) is 43.5 Å². The third kappa shape index (κ3) is 4.74. The van der Waals surface area contributed by atoms with Crippen LogP contribution in [0.4, 0.5) is 0 Å². The van der Waals surface area contributed by atoms with Crippen molar-refractivity contribution < 1.29 is 9.53 Å². The molecule has 0 heterocycles. The lowest BCUT2D eigenvalue weighted by Crippen LogP contribution is -2.36. The van der Waals surface area contributed by atoms with Gasteiger partial charge in [-0.25, -0.2) is 0 Å². The summed E-state index contributed by atoms with van der Waals surface area (Å²) in [6.07, 6.45) is 4.05. The number of hydrogen-bond acceptors (Lipinski definition) is 3. The molecule has 1 saturated carbocycles. The summed E-state index contributed by atoms with van der Waals surface area (Å²) in [5.41, 5.74) is 7.13. The topological polar surface area (TPSA) is 55.6 Å². The third-order valence-electron chi connectivity index (χ3n) is 3.93. The molecule has 1 aromatic rings. The summed E-state index contributed by atoms with van der Waals surface area (Å²) in [6.45, 7) is 4.98. The fourth-order valence-electron chi connectivity index (χ4n) is 2.46. The van der Waals surface area contributed by atoms with Crippen molar-refractivity contribution in [3.8, 4) is 5.75 Å². The van der Waals surface area contributed by atoms with Gasteiger partial charge < -0.3 is 15.4 Å². The second-order valence-corrected chi connectivity index (χ2v) is 5.72. The Bertz CT molecular complexity index is 472. The van der Waals surface area contributed by atoms with Crippen molar-refractivity contribution in [2.75, 3.05) is 13.2 Å². The fourth-order valence-corrected chi connectivity index (χ4v) is 2.46. The van der Waals surface area contributed by atoms with Crippen LogP contribution in [0.25, 0.3) is 0 Å². The van der Waals surface area contributed by atoms with E-state index in [4.69, 9.17) is 10.5 Å². The molecular formula is C17H26N2O2. The van der Waals surface area contributed by atoms with Crippen LogP contribution in [0.5, 0.6) is 5.75 Å². The van der Waals surface area contributed by atoms with Crippen LogP contribution in [0.1, 0.15) is 38.7 Å². The van der Waals surface area contributed by atoms with E-state index in [0.29, 0.717) is 6.04 Å². The summed E-state index contributed by atoms with van der Waals surface area (Å²) in [6, 6.07) is 8.49. The maximum Gasteiger partial charge on any atom is 0.260 e. The van der Waals surface area contributed by atoms with Gasteiger partial charge >= 0.3 is 0 Å². The van der Waals surface area contributed by atoms with Crippen molar-refractivity contribution >= 4 is 5.91 Å². The Hall–Kier alpha value is -1.55. The van der Waals surface area contributed by atoms with E-state index in [2.05, 4.69) is 6.92 Å². The standard InChI is InChI=1S/C17H26N2O2/c1-3-14(18)10-13-6-5-7-16(11-13)21-12-17(20)19(4-2)15-8-9-15/h5-7,11,14-15H,3-4,8-10,12,18H2,1-2H3. The van der Waals surface area contributed by atoms with E-state index >= 15 is 0 Å². The highest BCUT2D eigenvalue weighted by molar-refractivity contribution is 5.78. The number of benzene rings is 1. The van der Waals surface area contributed by atoms with Crippen LogP contribution in [-0.4, -0.2) is 36.0 Å². The van der Waals surface area contributed by atoms with E-state index in [1.54, 1.807) is 0 Å². The van der Waals surface area contributed by atoms with Crippen molar-refractivity contribution in [1.82, 2.24) is 4.90 Å². The van der Waals surface area contributed by atoms with Gasteiger partial charge in [0.2, 0.25) is 0 Å². The van der Waals surface area contributed by atoms with Gasteiger partial charge in [0.25, 0.3) is 5.91 Å². The number of nitrogens with zero attached hydrogens (tertiary/aromatic N) is 1. The Labute approximate surface area is 127 Å². The summed E-state index contributed by atoms with van der Waals surface area (Å²) in [7, 11) is 0. The zero-order valence-electron chi connectivity index (χ0n) is 13.0. The smallest absolute Gasteiger partial charge is 0.260 e. The molecule has 0 saturated heterocycles. The van der Waals surface area contributed by atoms with E-state index in [1.807, 2.05) is 36.1 Å². The van der Waals surface area contributed by atoms with Crippen molar-refractivity contribution in [3.63, 3.8) is 0 Å². The van der Waals surface area contributed by atoms with Crippen LogP contribution in [-0.2, 0) is 11.2 Å². The fraction of sp³-hybridized carbons (Fsp3) is 0.588. The third-order valence-corrected chi connectivity index (χ3v) is 3.93. The zero-order valence-corrected chi connectivity index (χ0v) is 13.0. The minimum atomic E-state index is 0.0793. The first-order valence-corrected chi connectivity index (χ1v) is 7.90. The number of likely N-dealkylation sites (N-methyl/N-ethyl adjacent to an activating group) is 1. The summed E-state index contributed by atoms with van der Waals surface area (Å²) in [4.78, 5) is 14.0. The number of nitrogens with two attached hydrogens (primary N) is 1. The minimum Gasteiger partial charge on any atom is -0.484 e.